The number of carboxylic acid groups (broad SMARTS) is 1. The molecule has 0 aromatic carbocycles. The summed E-state index contributed by atoms with van der Waals surface area (Å²) in [4.78, 5) is 15.8. The molecule has 0 saturated heterocycles. The van der Waals surface area contributed by atoms with E-state index in [4.69, 9.17) is 9.90 Å². The van der Waals surface area contributed by atoms with Gasteiger partial charge in [-0.05, 0) is 0 Å². The molecule has 0 aliphatic heterocycles. The number of aromatic amines is 1. The van der Waals surface area contributed by atoms with Crippen LogP contribution in [0, 0.1) is 0 Å². The third-order valence-electron chi connectivity index (χ3n) is 1.14. The van der Waals surface area contributed by atoms with Crippen molar-refractivity contribution in [2.24, 2.45) is 0 Å². The van der Waals surface area contributed by atoms with Crippen LogP contribution in [0.4, 0.5) is 13.2 Å². The SMILES string of the molecule is C=CCc1ncc[nH]1.O=C(O)C(F)(F)F. The number of rotatable bonds is 2. The molecule has 1 aromatic heterocycles. The highest BCUT2D eigenvalue weighted by atomic mass is 19.4. The average Bonchev–Trinajstić information content (AvgIpc) is 2.57. The summed E-state index contributed by atoms with van der Waals surface area (Å²) in [5, 5.41) is 7.12. The molecule has 1 heterocycles. The second-order valence-electron chi connectivity index (χ2n) is 2.33. The van der Waals surface area contributed by atoms with Gasteiger partial charge in [0.05, 0.1) is 0 Å². The van der Waals surface area contributed by atoms with Gasteiger partial charge in [0.25, 0.3) is 0 Å². The molecule has 0 atom stereocenters. The van der Waals surface area contributed by atoms with Gasteiger partial charge in [0.1, 0.15) is 5.82 Å². The van der Waals surface area contributed by atoms with E-state index in [1.807, 2.05) is 6.08 Å². The molecule has 1 aromatic rings. The Bertz CT molecular complexity index is 306. The Morgan fingerprint density at radius 1 is 1.67 bits per heavy atom. The first kappa shape index (κ1) is 13.2. The Balaban J connectivity index is 0.000000265. The molecular weight excluding hydrogens is 213 g/mol. The molecular formula is C8H9F3N2O2. The van der Waals surface area contributed by atoms with Gasteiger partial charge in [0.15, 0.2) is 0 Å². The Labute approximate surface area is 83.5 Å². The van der Waals surface area contributed by atoms with Crippen molar-refractivity contribution in [3.63, 3.8) is 0 Å². The highest BCUT2D eigenvalue weighted by Gasteiger charge is 2.38. The monoisotopic (exact) mass is 222 g/mol. The molecule has 0 aliphatic carbocycles. The third-order valence-corrected chi connectivity index (χ3v) is 1.14. The van der Waals surface area contributed by atoms with Crippen molar-refractivity contribution >= 4 is 5.97 Å². The van der Waals surface area contributed by atoms with E-state index in [2.05, 4.69) is 16.5 Å². The lowest BCUT2D eigenvalue weighted by Gasteiger charge is -1.93. The van der Waals surface area contributed by atoms with Crippen LogP contribution in [0.1, 0.15) is 5.82 Å². The number of alkyl halides is 3. The topological polar surface area (TPSA) is 66.0 Å². The Morgan fingerprint density at radius 3 is 2.47 bits per heavy atom. The van der Waals surface area contributed by atoms with E-state index in [-0.39, 0.29) is 0 Å². The Hall–Kier alpha value is -1.79. The highest BCUT2D eigenvalue weighted by molar-refractivity contribution is 5.73. The number of nitrogens with one attached hydrogen (secondary N) is 1. The van der Waals surface area contributed by atoms with Crippen LogP contribution in [0.3, 0.4) is 0 Å². The lowest BCUT2D eigenvalue weighted by atomic mass is 10.4. The predicted octanol–water partition coefficient (Wildman–Crippen LogP) is 1.77. The number of hydrogen-bond donors (Lipinski definition) is 2. The molecule has 15 heavy (non-hydrogen) atoms. The van der Waals surface area contributed by atoms with Crippen LogP contribution < -0.4 is 0 Å². The first-order chi connectivity index (χ1) is 6.88. The fraction of sp³-hybridized carbons (Fsp3) is 0.250. The fourth-order valence-electron chi connectivity index (χ4n) is 0.546. The number of hydrogen-bond acceptors (Lipinski definition) is 2. The summed E-state index contributed by atoms with van der Waals surface area (Å²) >= 11 is 0. The predicted molar refractivity (Wildman–Crippen MR) is 46.2 cm³/mol. The quantitative estimate of drug-likeness (QED) is 0.749. The van der Waals surface area contributed by atoms with E-state index in [0.29, 0.717) is 0 Å². The van der Waals surface area contributed by atoms with E-state index >= 15 is 0 Å². The van der Waals surface area contributed by atoms with Gasteiger partial charge in [-0.2, -0.15) is 13.2 Å². The van der Waals surface area contributed by atoms with Gasteiger partial charge in [-0.15, -0.1) is 6.58 Å². The number of aromatic nitrogens is 2. The molecule has 0 saturated carbocycles. The van der Waals surface area contributed by atoms with E-state index in [1.54, 1.807) is 12.4 Å². The average molecular weight is 222 g/mol. The van der Waals surface area contributed by atoms with Crippen molar-refractivity contribution in [1.29, 1.82) is 0 Å². The van der Waals surface area contributed by atoms with E-state index < -0.39 is 12.1 Å². The summed E-state index contributed by atoms with van der Waals surface area (Å²) in [5.41, 5.74) is 0. The van der Waals surface area contributed by atoms with Gasteiger partial charge in [-0.3, -0.25) is 0 Å². The van der Waals surface area contributed by atoms with Gasteiger partial charge in [-0.25, -0.2) is 9.78 Å². The van der Waals surface area contributed by atoms with Gasteiger partial charge in [-0.1, -0.05) is 6.08 Å². The highest BCUT2D eigenvalue weighted by Crippen LogP contribution is 2.13. The number of halogens is 3. The second-order valence-corrected chi connectivity index (χ2v) is 2.33. The van der Waals surface area contributed by atoms with Gasteiger partial charge in [0, 0.05) is 18.8 Å². The number of allylic oxidation sites excluding steroid dienone is 1. The minimum absolute atomic E-state index is 0.826. The molecule has 0 radical (unpaired) electrons. The number of imidazole rings is 1. The standard InChI is InChI=1S/C6H8N2.C2HF3O2/c1-2-3-6-7-4-5-8-6;3-2(4,5)1(6)7/h2,4-5H,1,3H2,(H,7,8);(H,6,7). The molecule has 0 bridgehead atoms. The lowest BCUT2D eigenvalue weighted by molar-refractivity contribution is -0.192. The fourth-order valence-corrected chi connectivity index (χ4v) is 0.546. The first-order valence-electron chi connectivity index (χ1n) is 3.77. The van der Waals surface area contributed by atoms with E-state index in [0.717, 1.165) is 12.2 Å². The molecule has 1 rings (SSSR count). The Kier molecular flexibility index (Phi) is 5.14. The summed E-state index contributed by atoms with van der Waals surface area (Å²) in [5.74, 6) is -1.78. The molecule has 0 fully saturated rings. The van der Waals surface area contributed by atoms with Crippen molar-refractivity contribution in [3.05, 3.63) is 30.9 Å². The maximum absolute atomic E-state index is 10.6. The molecule has 0 aliphatic rings. The van der Waals surface area contributed by atoms with Crippen LogP contribution in [0.2, 0.25) is 0 Å². The van der Waals surface area contributed by atoms with Crippen molar-refractivity contribution in [2.45, 2.75) is 12.6 Å². The molecule has 0 spiro atoms. The lowest BCUT2D eigenvalue weighted by Crippen LogP contribution is -2.21. The first-order valence-corrected chi connectivity index (χ1v) is 3.77. The van der Waals surface area contributed by atoms with Crippen LogP contribution in [-0.4, -0.2) is 27.2 Å². The van der Waals surface area contributed by atoms with Gasteiger partial charge < -0.3 is 10.1 Å². The second kappa shape index (κ2) is 5.84. The van der Waals surface area contributed by atoms with Crippen LogP contribution in [-0.2, 0) is 11.2 Å². The summed E-state index contributed by atoms with van der Waals surface area (Å²) in [6.45, 7) is 3.58. The van der Waals surface area contributed by atoms with Gasteiger partial charge >= 0.3 is 12.1 Å². The van der Waals surface area contributed by atoms with Crippen molar-refractivity contribution in [3.8, 4) is 0 Å². The third kappa shape index (κ3) is 6.30. The van der Waals surface area contributed by atoms with Crippen molar-refractivity contribution in [1.82, 2.24) is 9.97 Å². The maximum Gasteiger partial charge on any atom is 0.490 e. The zero-order valence-electron chi connectivity index (χ0n) is 7.58. The normalized spacial score (nSPS) is 10.1. The summed E-state index contributed by atoms with van der Waals surface area (Å²) in [6, 6.07) is 0. The van der Waals surface area contributed by atoms with Crippen LogP contribution >= 0.6 is 0 Å². The number of carbonyl (C=O) groups is 1. The number of carboxylic acids is 1. The number of H-pyrrole nitrogens is 1. The van der Waals surface area contributed by atoms with Crippen molar-refractivity contribution in [2.75, 3.05) is 0 Å². The molecule has 0 unspecified atom stereocenters. The van der Waals surface area contributed by atoms with E-state index in [1.165, 1.54) is 0 Å². The largest absolute Gasteiger partial charge is 0.490 e. The zero-order valence-corrected chi connectivity index (χ0v) is 7.58. The van der Waals surface area contributed by atoms with E-state index in [9.17, 15) is 13.2 Å². The molecule has 0 amide bonds. The van der Waals surface area contributed by atoms with Crippen LogP contribution in [0.25, 0.3) is 0 Å². The minimum atomic E-state index is -5.08. The minimum Gasteiger partial charge on any atom is -0.475 e. The molecule has 4 nitrogen and oxygen atoms in total. The number of nitrogens with zero attached hydrogens (tertiary/aromatic N) is 1. The summed E-state index contributed by atoms with van der Waals surface area (Å²) < 4.78 is 31.7. The molecule has 84 valence electrons. The van der Waals surface area contributed by atoms with Gasteiger partial charge in [0.2, 0.25) is 0 Å². The van der Waals surface area contributed by atoms with Crippen molar-refractivity contribution < 1.29 is 23.1 Å². The van der Waals surface area contributed by atoms with Crippen LogP contribution in [0.15, 0.2) is 25.0 Å². The summed E-state index contributed by atoms with van der Waals surface area (Å²) in [6.07, 6.45) is 1.10. The maximum atomic E-state index is 10.6. The molecule has 2 N–H and O–H groups in total. The zero-order chi connectivity index (χ0) is 11.9. The van der Waals surface area contributed by atoms with Crippen LogP contribution in [0.5, 0.6) is 0 Å². The number of aliphatic carboxylic acids is 1. The summed E-state index contributed by atoms with van der Waals surface area (Å²) in [7, 11) is 0. The smallest absolute Gasteiger partial charge is 0.475 e. The Morgan fingerprint density at radius 2 is 2.20 bits per heavy atom. The molecule has 7 heteroatoms.